The molecule has 0 amide bonds. The number of ether oxygens (including phenoxy) is 1. The standard InChI is InChI=1S/C17H28N2OS/c1-12(2)10-19(11-13(3)4)17(21)18-15-9-14(5)7-8-16(15)20-6/h7-9,12-13H,10-11H2,1-6H3,(H,18,21). The van der Waals surface area contributed by atoms with E-state index in [-0.39, 0.29) is 0 Å². The fourth-order valence-electron chi connectivity index (χ4n) is 2.24. The molecule has 0 bridgehead atoms. The third kappa shape index (κ3) is 5.92. The monoisotopic (exact) mass is 308 g/mol. The van der Waals surface area contributed by atoms with E-state index in [9.17, 15) is 0 Å². The number of thiocarbonyl (C=S) groups is 1. The van der Waals surface area contributed by atoms with Crippen LogP contribution in [0.4, 0.5) is 5.69 Å². The number of benzene rings is 1. The highest BCUT2D eigenvalue weighted by molar-refractivity contribution is 7.80. The average molecular weight is 308 g/mol. The number of nitrogens with zero attached hydrogens (tertiary/aromatic N) is 1. The Morgan fingerprint density at radius 2 is 1.76 bits per heavy atom. The molecule has 3 nitrogen and oxygen atoms in total. The summed E-state index contributed by atoms with van der Waals surface area (Å²) in [5.74, 6) is 1.96. The normalized spacial score (nSPS) is 10.9. The first-order valence-corrected chi connectivity index (χ1v) is 7.94. The van der Waals surface area contributed by atoms with Gasteiger partial charge in [0.25, 0.3) is 0 Å². The lowest BCUT2D eigenvalue weighted by Gasteiger charge is -2.29. The topological polar surface area (TPSA) is 24.5 Å². The van der Waals surface area contributed by atoms with Crippen molar-refractivity contribution in [1.82, 2.24) is 4.90 Å². The van der Waals surface area contributed by atoms with Crippen molar-refractivity contribution in [2.24, 2.45) is 11.8 Å². The Hall–Kier alpha value is -1.29. The zero-order valence-electron chi connectivity index (χ0n) is 14.1. The Morgan fingerprint density at radius 3 is 2.24 bits per heavy atom. The Balaban J connectivity index is 2.87. The molecule has 118 valence electrons. The second-order valence-electron chi connectivity index (χ2n) is 6.33. The minimum absolute atomic E-state index is 0.572. The van der Waals surface area contributed by atoms with Crippen molar-refractivity contribution in [3.8, 4) is 5.75 Å². The summed E-state index contributed by atoms with van der Waals surface area (Å²) in [5.41, 5.74) is 2.11. The lowest BCUT2D eigenvalue weighted by molar-refractivity contribution is 0.332. The maximum absolute atomic E-state index is 5.60. The van der Waals surface area contributed by atoms with Gasteiger partial charge in [0.05, 0.1) is 12.8 Å². The third-order valence-corrected chi connectivity index (χ3v) is 3.42. The molecule has 0 spiro atoms. The van der Waals surface area contributed by atoms with Crippen molar-refractivity contribution in [3.05, 3.63) is 23.8 Å². The van der Waals surface area contributed by atoms with Gasteiger partial charge >= 0.3 is 0 Å². The van der Waals surface area contributed by atoms with Gasteiger partial charge in [-0.2, -0.15) is 0 Å². The molecule has 0 aliphatic rings. The van der Waals surface area contributed by atoms with E-state index < -0.39 is 0 Å². The highest BCUT2D eigenvalue weighted by atomic mass is 32.1. The van der Waals surface area contributed by atoms with Crippen molar-refractivity contribution >= 4 is 23.0 Å². The first-order valence-electron chi connectivity index (χ1n) is 7.54. The van der Waals surface area contributed by atoms with Crippen molar-refractivity contribution in [1.29, 1.82) is 0 Å². The SMILES string of the molecule is COc1ccc(C)cc1NC(=S)N(CC(C)C)CC(C)C. The molecule has 1 aromatic rings. The van der Waals surface area contributed by atoms with Gasteiger partial charge < -0.3 is 15.0 Å². The zero-order valence-corrected chi connectivity index (χ0v) is 14.9. The van der Waals surface area contributed by atoms with Crippen molar-refractivity contribution in [2.75, 3.05) is 25.5 Å². The van der Waals surface area contributed by atoms with E-state index in [4.69, 9.17) is 17.0 Å². The summed E-state index contributed by atoms with van der Waals surface area (Å²) < 4.78 is 5.40. The number of anilines is 1. The summed E-state index contributed by atoms with van der Waals surface area (Å²) in [6.45, 7) is 12.8. The quantitative estimate of drug-likeness (QED) is 0.791. The van der Waals surface area contributed by atoms with Crippen LogP contribution in [0.3, 0.4) is 0 Å². The number of aryl methyl sites for hydroxylation is 1. The molecule has 1 rings (SSSR count). The summed E-state index contributed by atoms with van der Waals surface area (Å²) in [6, 6.07) is 6.07. The van der Waals surface area contributed by atoms with Crippen molar-refractivity contribution in [2.45, 2.75) is 34.6 Å². The summed E-state index contributed by atoms with van der Waals surface area (Å²) >= 11 is 5.60. The Morgan fingerprint density at radius 1 is 1.19 bits per heavy atom. The molecule has 1 N–H and O–H groups in total. The fourth-order valence-corrected chi connectivity index (χ4v) is 2.49. The van der Waals surface area contributed by atoms with Gasteiger partial charge in [0.2, 0.25) is 0 Å². The van der Waals surface area contributed by atoms with E-state index in [0.717, 1.165) is 29.6 Å². The van der Waals surface area contributed by atoms with Crippen LogP contribution in [-0.4, -0.2) is 30.2 Å². The Labute approximate surface area is 134 Å². The molecule has 21 heavy (non-hydrogen) atoms. The number of hydrogen-bond donors (Lipinski definition) is 1. The second kappa shape index (κ2) is 8.23. The van der Waals surface area contributed by atoms with Crippen LogP contribution in [0.1, 0.15) is 33.3 Å². The van der Waals surface area contributed by atoms with Gasteiger partial charge in [-0.25, -0.2) is 0 Å². The molecule has 0 saturated carbocycles. The van der Waals surface area contributed by atoms with Gasteiger partial charge in [-0.05, 0) is 48.7 Å². The van der Waals surface area contributed by atoms with Gasteiger partial charge in [-0.3, -0.25) is 0 Å². The number of methoxy groups -OCH3 is 1. The second-order valence-corrected chi connectivity index (χ2v) is 6.71. The molecular formula is C17H28N2OS. The average Bonchev–Trinajstić information content (AvgIpc) is 2.37. The van der Waals surface area contributed by atoms with Gasteiger partial charge in [0.1, 0.15) is 5.75 Å². The number of hydrogen-bond acceptors (Lipinski definition) is 2. The highest BCUT2D eigenvalue weighted by Gasteiger charge is 2.14. The fraction of sp³-hybridized carbons (Fsp3) is 0.588. The first kappa shape index (κ1) is 17.8. The molecular weight excluding hydrogens is 280 g/mol. The van der Waals surface area contributed by atoms with Crippen LogP contribution >= 0.6 is 12.2 Å². The maximum atomic E-state index is 5.60. The summed E-state index contributed by atoms with van der Waals surface area (Å²) in [4.78, 5) is 2.24. The van der Waals surface area contributed by atoms with Gasteiger partial charge in [-0.1, -0.05) is 33.8 Å². The van der Waals surface area contributed by atoms with Gasteiger partial charge in [-0.15, -0.1) is 0 Å². The minimum atomic E-state index is 0.572. The first-order chi connectivity index (χ1) is 9.83. The summed E-state index contributed by atoms with van der Waals surface area (Å²) in [7, 11) is 1.68. The lowest BCUT2D eigenvalue weighted by atomic mass is 10.1. The van der Waals surface area contributed by atoms with Crippen LogP contribution in [0, 0.1) is 18.8 Å². The Kier molecular flexibility index (Phi) is 6.96. The predicted molar refractivity (Wildman–Crippen MR) is 95.2 cm³/mol. The summed E-state index contributed by atoms with van der Waals surface area (Å²) in [6.07, 6.45) is 0. The highest BCUT2D eigenvalue weighted by Crippen LogP contribution is 2.25. The molecule has 4 heteroatoms. The molecule has 0 aliphatic heterocycles. The van der Waals surface area contributed by atoms with Crippen LogP contribution in [0.2, 0.25) is 0 Å². The molecule has 1 aromatic carbocycles. The molecule has 0 atom stereocenters. The van der Waals surface area contributed by atoms with Crippen LogP contribution in [0.25, 0.3) is 0 Å². The van der Waals surface area contributed by atoms with E-state index in [1.807, 2.05) is 12.1 Å². The molecule has 0 fully saturated rings. The molecule has 0 aromatic heterocycles. The zero-order chi connectivity index (χ0) is 16.0. The van der Waals surface area contributed by atoms with Crippen LogP contribution < -0.4 is 10.1 Å². The Bertz CT molecular complexity index is 462. The van der Waals surface area contributed by atoms with Crippen LogP contribution in [0.5, 0.6) is 5.75 Å². The van der Waals surface area contributed by atoms with Crippen LogP contribution in [0.15, 0.2) is 18.2 Å². The maximum Gasteiger partial charge on any atom is 0.173 e. The molecule has 0 unspecified atom stereocenters. The molecule has 0 saturated heterocycles. The smallest absolute Gasteiger partial charge is 0.173 e. The van der Waals surface area contributed by atoms with E-state index in [2.05, 4.69) is 50.9 Å². The number of rotatable bonds is 6. The number of nitrogens with one attached hydrogen (secondary N) is 1. The van der Waals surface area contributed by atoms with Gasteiger partial charge in [0, 0.05) is 13.1 Å². The molecule has 0 radical (unpaired) electrons. The largest absolute Gasteiger partial charge is 0.495 e. The van der Waals surface area contributed by atoms with Crippen molar-refractivity contribution in [3.63, 3.8) is 0 Å². The predicted octanol–water partition coefficient (Wildman–Crippen LogP) is 4.31. The third-order valence-electron chi connectivity index (χ3n) is 3.05. The molecule has 0 aliphatic carbocycles. The lowest BCUT2D eigenvalue weighted by Crippen LogP contribution is -2.39. The van der Waals surface area contributed by atoms with E-state index >= 15 is 0 Å². The molecule has 0 heterocycles. The van der Waals surface area contributed by atoms with Crippen molar-refractivity contribution < 1.29 is 4.74 Å². The van der Waals surface area contributed by atoms with Gasteiger partial charge in [0.15, 0.2) is 5.11 Å². The summed E-state index contributed by atoms with van der Waals surface area (Å²) in [5, 5.41) is 4.11. The minimum Gasteiger partial charge on any atom is -0.495 e. The van der Waals surface area contributed by atoms with E-state index in [0.29, 0.717) is 11.8 Å². The van der Waals surface area contributed by atoms with E-state index in [1.54, 1.807) is 7.11 Å². The van der Waals surface area contributed by atoms with Crippen LogP contribution in [-0.2, 0) is 0 Å². The van der Waals surface area contributed by atoms with E-state index in [1.165, 1.54) is 5.56 Å².